The number of cyclic esters (lactones) is 1. The second kappa shape index (κ2) is 28.8. The molecule has 11 atom stereocenters. The van der Waals surface area contributed by atoms with Gasteiger partial charge in [0.2, 0.25) is 0 Å². The third-order valence-corrected chi connectivity index (χ3v) is 9.94. The predicted octanol–water partition coefficient (Wildman–Crippen LogP) is 5.09. The minimum Gasteiger partial charge on any atom is -0.462 e. The van der Waals surface area contributed by atoms with Crippen LogP contribution in [0.25, 0.3) is 0 Å². The zero-order chi connectivity index (χ0) is 41.4. The quantitative estimate of drug-likeness (QED) is 0.136. The van der Waals surface area contributed by atoms with E-state index in [2.05, 4.69) is 0 Å². The van der Waals surface area contributed by atoms with Gasteiger partial charge in [0.15, 0.2) is 12.1 Å². The van der Waals surface area contributed by atoms with Gasteiger partial charge in [0.25, 0.3) is 0 Å². The van der Waals surface area contributed by atoms with Crippen LogP contribution in [0.1, 0.15) is 99.8 Å². The molecule has 2 aliphatic rings. The summed E-state index contributed by atoms with van der Waals surface area (Å²) in [5, 5.41) is 16.6. The summed E-state index contributed by atoms with van der Waals surface area (Å²) in [6, 6.07) is -0.0983. The molecule has 0 amide bonds. The van der Waals surface area contributed by atoms with Crippen molar-refractivity contribution >= 4 is 24.0 Å². The normalized spacial score (nSPS) is 29.5. The van der Waals surface area contributed by atoms with E-state index in [-0.39, 0.29) is 78.0 Å². The summed E-state index contributed by atoms with van der Waals surface area (Å²) in [4.78, 5) is 49.3. The SMILES string of the molecule is CC[C@H]1OC(=O)CCCC[C@@H](CC=O)C[C@@H](C)C(=O)/C=C/C(C)=C/C1COCC1OC(C)CC1OC.CO.COC(O)C(C)C(C(C)OC(C)=O)N(C)C. The minimum atomic E-state index is -0.870. The summed E-state index contributed by atoms with van der Waals surface area (Å²) in [6.45, 7) is 13.7. The Labute approximate surface area is 325 Å². The van der Waals surface area contributed by atoms with Crippen LogP contribution in [0, 0.1) is 23.7 Å². The fourth-order valence-corrected chi connectivity index (χ4v) is 7.19. The number of ketones is 1. The van der Waals surface area contributed by atoms with E-state index in [0.717, 1.165) is 38.2 Å². The van der Waals surface area contributed by atoms with Crippen molar-refractivity contribution in [2.45, 2.75) is 143 Å². The summed E-state index contributed by atoms with van der Waals surface area (Å²) in [5.74, 6) is -0.765. The molecule has 0 aromatic rings. The monoisotopic (exact) mass is 772 g/mol. The van der Waals surface area contributed by atoms with Crippen molar-refractivity contribution in [3.8, 4) is 0 Å². The number of esters is 2. The summed E-state index contributed by atoms with van der Waals surface area (Å²) in [6.07, 6.45) is 10.3. The smallest absolute Gasteiger partial charge is 0.306 e. The van der Waals surface area contributed by atoms with Crippen molar-refractivity contribution in [2.24, 2.45) is 23.7 Å². The molecule has 2 N–H and O–H groups in total. The number of aliphatic hydroxyl groups excluding tert-OH is 2. The maximum Gasteiger partial charge on any atom is 0.306 e. The van der Waals surface area contributed by atoms with Crippen LogP contribution >= 0.6 is 0 Å². The molecule has 8 unspecified atom stereocenters. The molecular formula is C41H73NO12. The molecule has 1 saturated heterocycles. The Kier molecular flexibility index (Phi) is 27.5. The van der Waals surface area contributed by atoms with Crippen molar-refractivity contribution in [1.29, 1.82) is 0 Å². The highest BCUT2D eigenvalue weighted by Crippen LogP contribution is 2.26. The van der Waals surface area contributed by atoms with Gasteiger partial charge in [0.1, 0.15) is 24.6 Å². The molecule has 1 fully saturated rings. The molecule has 0 saturated carbocycles. The van der Waals surface area contributed by atoms with Crippen LogP contribution in [0.2, 0.25) is 0 Å². The van der Waals surface area contributed by atoms with Crippen molar-refractivity contribution < 1.29 is 57.8 Å². The zero-order valence-corrected chi connectivity index (χ0v) is 35.2. The summed E-state index contributed by atoms with van der Waals surface area (Å²) in [7, 11) is 7.90. The number of allylic oxidation sites excluding steroid dienone is 3. The Morgan fingerprint density at radius 1 is 1.06 bits per heavy atom. The van der Waals surface area contributed by atoms with Gasteiger partial charge in [-0.05, 0) is 72.5 Å². The number of likely N-dealkylation sites (N-methyl/N-ethyl adjacent to an activating group) is 1. The Morgan fingerprint density at radius 3 is 2.28 bits per heavy atom. The van der Waals surface area contributed by atoms with Crippen LogP contribution in [0.4, 0.5) is 0 Å². The van der Waals surface area contributed by atoms with E-state index in [1.165, 1.54) is 14.0 Å². The van der Waals surface area contributed by atoms with Crippen molar-refractivity contribution in [3.63, 3.8) is 0 Å². The number of aldehydes is 1. The van der Waals surface area contributed by atoms with Crippen LogP contribution < -0.4 is 0 Å². The van der Waals surface area contributed by atoms with Gasteiger partial charge in [-0.3, -0.25) is 14.4 Å². The Bertz CT molecular complexity index is 1130. The number of hydrogen-bond donors (Lipinski definition) is 2. The van der Waals surface area contributed by atoms with E-state index < -0.39 is 6.29 Å². The van der Waals surface area contributed by atoms with Gasteiger partial charge in [-0.25, -0.2) is 0 Å². The Morgan fingerprint density at radius 2 is 1.72 bits per heavy atom. The number of carbonyl (C=O) groups excluding carboxylic acids is 4. The molecular weight excluding hydrogens is 698 g/mol. The summed E-state index contributed by atoms with van der Waals surface area (Å²) in [5.41, 5.74) is 0.913. The van der Waals surface area contributed by atoms with Gasteiger partial charge >= 0.3 is 11.9 Å². The third kappa shape index (κ3) is 19.9. The fraction of sp³-hybridized carbons (Fsp3) is 0.805. The molecule has 13 heteroatoms. The Balaban J connectivity index is 0.00000131. The van der Waals surface area contributed by atoms with Gasteiger partial charge in [-0.1, -0.05) is 44.9 Å². The molecule has 0 radical (unpaired) electrons. The van der Waals surface area contributed by atoms with E-state index >= 15 is 0 Å². The molecule has 2 heterocycles. The number of ether oxygens (including phenoxy) is 6. The lowest BCUT2D eigenvalue weighted by Crippen LogP contribution is -2.48. The first-order chi connectivity index (χ1) is 25.6. The zero-order valence-electron chi connectivity index (χ0n) is 35.2. The summed E-state index contributed by atoms with van der Waals surface area (Å²) < 4.78 is 33.5. The number of aliphatic hydroxyl groups is 2. The standard InChI is InChI=1S/C29H46O7.C11H23NO4.CH4O/c1-6-26-24(18-34-19-28-27(33-5)17-22(4)35-28)15-20(2)11-12-25(31)21(3)16-23(13-14-30)9-7-8-10-29(32)36-26;1-7(11(14)15-6)10(12(4)5)8(2)16-9(3)13;1-2/h11-12,14-15,21-24,26-28H,6-10,13,16-19H2,1-5H3;7-8,10-11,14H,1-6H3;2H,1H3/b12-11+,20-15+;;/t21-,22?,23+,24?,26-,27?,28?;;/m1../s1. The largest absolute Gasteiger partial charge is 0.462 e. The number of methoxy groups -OCH3 is 2. The number of rotatable bonds is 14. The van der Waals surface area contributed by atoms with Gasteiger partial charge in [0.05, 0.1) is 31.5 Å². The highest BCUT2D eigenvalue weighted by molar-refractivity contribution is 5.91. The number of carbonyl (C=O) groups is 4. The first-order valence-corrected chi connectivity index (χ1v) is 19.4. The van der Waals surface area contributed by atoms with Gasteiger partial charge in [-0.2, -0.15) is 0 Å². The van der Waals surface area contributed by atoms with E-state index in [1.807, 2.05) is 72.7 Å². The molecule has 0 spiro atoms. The first kappa shape index (κ1) is 51.5. The molecule has 2 aliphatic heterocycles. The van der Waals surface area contributed by atoms with Crippen molar-refractivity contribution in [3.05, 3.63) is 23.8 Å². The van der Waals surface area contributed by atoms with Crippen LogP contribution in [-0.2, 0) is 47.6 Å². The highest BCUT2D eigenvalue weighted by Gasteiger charge is 2.34. The molecule has 0 aliphatic carbocycles. The van der Waals surface area contributed by atoms with Crippen molar-refractivity contribution in [1.82, 2.24) is 4.90 Å². The fourth-order valence-electron chi connectivity index (χ4n) is 7.19. The average Bonchev–Trinajstić information content (AvgIpc) is 3.49. The molecule has 54 heavy (non-hydrogen) atoms. The van der Waals surface area contributed by atoms with Gasteiger partial charge in [-0.15, -0.1) is 0 Å². The lowest BCUT2D eigenvalue weighted by atomic mass is 9.87. The van der Waals surface area contributed by atoms with Gasteiger partial charge in [0, 0.05) is 65.3 Å². The first-order valence-electron chi connectivity index (χ1n) is 19.4. The van der Waals surface area contributed by atoms with E-state index in [1.54, 1.807) is 13.2 Å². The van der Waals surface area contributed by atoms with E-state index in [9.17, 15) is 24.3 Å². The van der Waals surface area contributed by atoms with Gasteiger partial charge < -0.3 is 48.3 Å². The Hall–Kier alpha value is -2.52. The average molecular weight is 772 g/mol. The van der Waals surface area contributed by atoms with E-state index in [0.29, 0.717) is 45.3 Å². The number of nitrogens with zero attached hydrogens (tertiary/aromatic N) is 1. The maximum atomic E-state index is 12.7. The predicted molar refractivity (Wildman–Crippen MR) is 208 cm³/mol. The van der Waals surface area contributed by atoms with Crippen LogP contribution in [0.15, 0.2) is 23.8 Å². The second-order valence-electron chi connectivity index (χ2n) is 14.7. The maximum absolute atomic E-state index is 12.7. The molecule has 0 bridgehead atoms. The summed E-state index contributed by atoms with van der Waals surface area (Å²) >= 11 is 0. The highest BCUT2D eigenvalue weighted by atomic mass is 16.6. The van der Waals surface area contributed by atoms with Crippen LogP contribution in [0.5, 0.6) is 0 Å². The van der Waals surface area contributed by atoms with Crippen molar-refractivity contribution in [2.75, 3.05) is 48.6 Å². The number of hydrogen-bond acceptors (Lipinski definition) is 13. The molecule has 0 aromatic carbocycles. The molecule has 0 aromatic heterocycles. The molecule has 314 valence electrons. The molecule has 2 rings (SSSR count). The lowest BCUT2D eigenvalue weighted by molar-refractivity contribution is -0.160. The topological polar surface area (TPSA) is 167 Å². The third-order valence-electron chi connectivity index (χ3n) is 9.94. The lowest BCUT2D eigenvalue weighted by Gasteiger charge is -2.35. The van der Waals surface area contributed by atoms with Crippen LogP contribution in [-0.4, -0.2) is 131 Å². The molecule has 13 nitrogen and oxygen atoms in total. The second-order valence-corrected chi connectivity index (χ2v) is 14.7. The minimum absolute atomic E-state index is 0.0103. The van der Waals surface area contributed by atoms with E-state index in [4.69, 9.17) is 33.5 Å². The van der Waals surface area contributed by atoms with Crippen LogP contribution in [0.3, 0.4) is 0 Å².